The van der Waals surface area contributed by atoms with Gasteiger partial charge in [0, 0.05) is 29.6 Å². The lowest BCUT2D eigenvalue weighted by atomic mass is 9.99. The summed E-state index contributed by atoms with van der Waals surface area (Å²) in [6.45, 7) is 0. The maximum absolute atomic E-state index is 6.44. The normalized spacial score (nSPS) is 11.6. The van der Waals surface area contributed by atoms with Crippen LogP contribution in [0.5, 0.6) is 0 Å². The zero-order chi connectivity index (χ0) is 19.9. The van der Waals surface area contributed by atoms with Crippen LogP contribution >= 0.6 is 0 Å². The molecule has 3 aromatic carbocycles. The lowest BCUT2D eigenvalue weighted by molar-refractivity contribution is 0.671. The molecule has 1 heterocycles. The first-order valence-corrected chi connectivity index (χ1v) is 10.0. The third-order valence-electron chi connectivity index (χ3n) is 5.05. The van der Waals surface area contributed by atoms with Crippen molar-refractivity contribution in [3.05, 3.63) is 113 Å². The molecule has 4 rings (SSSR count). The molecule has 2 nitrogen and oxygen atoms in total. The van der Waals surface area contributed by atoms with Crippen LogP contribution in [-0.4, -0.2) is 4.98 Å². The van der Waals surface area contributed by atoms with Gasteiger partial charge in [0.05, 0.1) is 5.52 Å². The standard InChI is InChI=1S/C27H24N2/c28-26(25-16-7-14-24-15-8-18-29-27(24)25)17-5-4-11-22-12-6-13-23(20-22)19-21-9-2-1-3-10-21/h1-3,6-10,12-16,18,20,26H,5,17,19,28H2. The van der Waals surface area contributed by atoms with Crippen LogP contribution in [-0.2, 0) is 6.42 Å². The zero-order valence-electron chi connectivity index (χ0n) is 16.4. The minimum Gasteiger partial charge on any atom is -0.324 e. The van der Waals surface area contributed by atoms with Gasteiger partial charge in [-0.1, -0.05) is 78.6 Å². The Morgan fingerprint density at radius 2 is 1.62 bits per heavy atom. The van der Waals surface area contributed by atoms with Crippen molar-refractivity contribution in [2.24, 2.45) is 5.73 Å². The van der Waals surface area contributed by atoms with Crippen LogP contribution in [0.1, 0.15) is 41.1 Å². The molecule has 29 heavy (non-hydrogen) atoms. The second-order valence-corrected chi connectivity index (χ2v) is 7.23. The number of nitrogens with zero attached hydrogens (tertiary/aromatic N) is 1. The van der Waals surface area contributed by atoms with Crippen LogP contribution in [0.25, 0.3) is 10.9 Å². The van der Waals surface area contributed by atoms with Gasteiger partial charge in [-0.15, -0.1) is 0 Å². The number of hydrogen-bond donors (Lipinski definition) is 1. The van der Waals surface area contributed by atoms with Gasteiger partial charge in [0.2, 0.25) is 0 Å². The lowest BCUT2D eigenvalue weighted by Gasteiger charge is -2.12. The van der Waals surface area contributed by atoms with Crippen molar-refractivity contribution >= 4 is 10.9 Å². The van der Waals surface area contributed by atoms with Crippen molar-refractivity contribution in [2.75, 3.05) is 0 Å². The monoisotopic (exact) mass is 376 g/mol. The van der Waals surface area contributed by atoms with Crippen LogP contribution in [0.2, 0.25) is 0 Å². The molecule has 0 aliphatic heterocycles. The van der Waals surface area contributed by atoms with Gasteiger partial charge in [0.1, 0.15) is 0 Å². The van der Waals surface area contributed by atoms with E-state index in [0.29, 0.717) is 0 Å². The van der Waals surface area contributed by atoms with Crippen molar-refractivity contribution in [1.29, 1.82) is 0 Å². The Balaban J connectivity index is 1.39. The van der Waals surface area contributed by atoms with Crippen LogP contribution in [0.4, 0.5) is 0 Å². The largest absolute Gasteiger partial charge is 0.324 e. The Hall–Kier alpha value is -3.41. The number of hydrogen-bond acceptors (Lipinski definition) is 2. The van der Waals surface area contributed by atoms with Crippen molar-refractivity contribution < 1.29 is 0 Å². The van der Waals surface area contributed by atoms with Crippen LogP contribution < -0.4 is 5.73 Å². The molecule has 2 heteroatoms. The molecule has 0 saturated heterocycles. The summed E-state index contributed by atoms with van der Waals surface area (Å²) in [5.41, 5.74) is 12.2. The molecule has 0 amide bonds. The summed E-state index contributed by atoms with van der Waals surface area (Å²) in [6, 6.07) is 29.1. The van der Waals surface area contributed by atoms with E-state index in [1.807, 2.05) is 24.4 Å². The highest BCUT2D eigenvalue weighted by atomic mass is 14.7. The molecule has 4 aromatic rings. The number of rotatable bonds is 5. The highest BCUT2D eigenvalue weighted by Gasteiger charge is 2.09. The topological polar surface area (TPSA) is 38.9 Å². The zero-order valence-corrected chi connectivity index (χ0v) is 16.4. The van der Waals surface area contributed by atoms with E-state index in [2.05, 4.69) is 83.6 Å². The highest BCUT2D eigenvalue weighted by Crippen LogP contribution is 2.23. The maximum Gasteiger partial charge on any atom is 0.0749 e. The van der Waals surface area contributed by atoms with Gasteiger partial charge in [0.15, 0.2) is 0 Å². The minimum absolute atomic E-state index is 0.0627. The number of fused-ring (bicyclic) bond motifs is 1. The van der Waals surface area contributed by atoms with Gasteiger partial charge in [-0.25, -0.2) is 0 Å². The van der Waals surface area contributed by atoms with Crippen molar-refractivity contribution in [1.82, 2.24) is 4.98 Å². The summed E-state index contributed by atoms with van der Waals surface area (Å²) in [5, 5.41) is 1.13. The van der Waals surface area contributed by atoms with Gasteiger partial charge in [-0.2, -0.15) is 0 Å². The fourth-order valence-electron chi connectivity index (χ4n) is 3.57. The lowest BCUT2D eigenvalue weighted by Crippen LogP contribution is -2.10. The average molecular weight is 377 g/mol. The molecule has 1 unspecified atom stereocenters. The van der Waals surface area contributed by atoms with Crippen molar-refractivity contribution in [3.8, 4) is 11.8 Å². The molecule has 0 aliphatic rings. The Morgan fingerprint density at radius 3 is 2.52 bits per heavy atom. The Bertz CT molecular complexity index is 1150. The third kappa shape index (κ3) is 4.90. The van der Waals surface area contributed by atoms with E-state index >= 15 is 0 Å². The molecule has 0 fully saturated rings. The van der Waals surface area contributed by atoms with Crippen molar-refractivity contribution in [3.63, 3.8) is 0 Å². The predicted molar refractivity (Wildman–Crippen MR) is 120 cm³/mol. The molecule has 2 N–H and O–H groups in total. The van der Waals surface area contributed by atoms with E-state index in [4.69, 9.17) is 5.73 Å². The molecule has 1 aromatic heterocycles. The fraction of sp³-hybridized carbons (Fsp3) is 0.148. The quantitative estimate of drug-likeness (QED) is 0.457. The van der Waals surface area contributed by atoms with E-state index in [0.717, 1.165) is 41.3 Å². The molecule has 142 valence electrons. The summed E-state index contributed by atoms with van der Waals surface area (Å²) in [6.07, 6.45) is 4.32. The van der Waals surface area contributed by atoms with E-state index < -0.39 is 0 Å². The first kappa shape index (κ1) is 18.9. The number of aromatic nitrogens is 1. The van der Waals surface area contributed by atoms with Gasteiger partial charge < -0.3 is 5.73 Å². The fourth-order valence-corrected chi connectivity index (χ4v) is 3.57. The Labute approximate surface area is 172 Å². The molecule has 0 aliphatic carbocycles. The highest BCUT2D eigenvalue weighted by molar-refractivity contribution is 5.81. The minimum atomic E-state index is -0.0627. The van der Waals surface area contributed by atoms with E-state index in [1.54, 1.807) is 0 Å². The molecular weight excluding hydrogens is 352 g/mol. The summed E-state index contributed by atoms with van der Waals surface area (Å²) >= 11 is 0. The number of pyridine rings is 1. The van der Waals surface area contributed by atoms with Gasteiger partial charge in [-0.05, 0) is 47.7 Å². The molecule has 0 bridgehead atoms. The molecule has 0 saturated carbocycles. The van der Waals surface area contributed by atoms with E-state index in [9.17, 15) is 0 Å². The second kappa shape index (κ2) is 9.19. The average Bonchev–Trinajstić information content (AvgIpc) is 2.77. The number of para-hydroxylation sites is 1. The molecule has 0 radical (unpaired) electrons. The second-order valence-electron chi connectivity index (χ2n) is 7.23. The molecule has 1 atom stereocenters. The first-order valence-electron chi connectivity index (χ1n) is 10.0. The Morgan fingerprint density at radius 1 is 0.828 bits per heavy atom. The predicted octanol–water partition coefficient (Wildman–Crippen LogP) is 5.66. The summed E-state index contributed by atoms with van der Waals surface area (Å²) in [4.78, 5) is 4.51. The van der Waals surface area contributed by atoms with Gasteiger partial charge in [0.25, 0.3) is 0 Å². The van der Waals surface area contributed by atoms with Gasteiger partial charge >= 0.3 is 0 Å². The van der Waals surface area contributed by atoms with Crippen molar-refractivity contribution in [2.45, 2.75) is 25.3 Å². The third-order valence-corrected chi connectivity index (χ3v) is 5.05. The number of benzene rings is 3. The van der Waals surface area contributed by atoms with Gasteiger partial charge in [-0.3, -0.25) is 4.98 Å². The summed E-state index contributed by atoms with van der Waals surface area (Å²) < 4.78 is 0. The smallest absolute Gasteiger partial charge is 0.0749 e. The van der Waals surface area contributed by atoms with Crippen LogP contribution in [0, 0.1) is 11.8 Å². The summed E-state index contributed by atoms with van der Waals surface area (Å²) in [7, 11) is 0. The first-order chi connectivity index (χ1) is 14.3. The maximum atomic E-state index is 6.44. The van der Waals surface area contributed by atoms with Crippen LogP contribution in [0.15, 0.2) is 91.1 Å². The number of nitrogens with two attached hydrogens (primary N) is 1. The van der Waals surface area contributed by atoms with E-state index in [1.165, 1.54) is 11.1 Å². The SMILES string of the molecule is NC(CCC#Cc1cccc(Cc2ccccc2)c1)c1cccc2cccnc12. The summed E-state index contributed by atoms with van der Waals surface area (Å²) in [5.74, 6) is 6.58. The molecule has 0 spiro atoms. The molecular formula is C27H24N2. The van der Waals surface area contributed by atoms with Crippen LogP contribution in [0.3, 0.4) is 0 Å². The Kier molecular flexibility index (Phi) is 6.00. The van der Waals surface area contributed by atoms with E-state index in [-0.39, 0.29) is 6.04 Å².